The number of carbonyl (C=O) groups excluding carboxylic acids is 3. The number of ether oxygens (including phenoxy) is 6. The van der Waals surface area contributed by atoms with E-state index in [2.05, 4.69) is 0 Å². The molecule has 0 fully saturated rings. The van der Waals surface area contributed by atoms with Crippen LogP contribution in [0.15, 0.2) is 72.8 Å². The third kappa shape index (κ3) is 28.1. The first-order valence-electron chi connectivity index (χ1n) is 24.9. The van der Waals surface area contributed by atoms with E-state index < -0.39 is 41.9 Å². The van der Waals surface area contributed by atoms with Crippen LogP contribution in [0.5, 0.6) is 17.2 Å². The molecule has 0 aliphatic heterocycles. The molecule has 0 aromatic heterocycles. The molecule has 3 N–H and O–H groups in total. The highest BCUT2D eigenvalue weighted by Crippen LogP contribution is 2.18. The monoisotopic (exact) mass is 963 g/mol. The minimum atomic E-state index is -0.972. The summed E-state index contributed by atoms with van der Waals surface area (Å²) in [5, 5.41) is 27.0. The van der Waals surface area contributed by atoms with Gasteiger partial charge in [-0.05, 0) is 111 Å². The van der Waals surface area contributed by atoms with Crippen molar-refractivity contribution in [3.63, 3.8) is 0 Å². The summed E-state index contributed by atoms with van der Waals surface area (Å²) in [5.74, 6) is -2.18. The Hall–Kier alpha value is -6.12. The third-order valence-electron chi connectivity index (χ3n) is 11.3. The second-order valence-corrected chi connectivity index (χ2v) is 17.2. The lowest BCUT2D eigenvalue weighted by Crippen LogP contribution is -2.30. The van der Waals surface area contributed by atoms with Gasteiger partial charge < -0.3 is 43.7 Å². The van der Waals surface area contributed by atoms with E-state index in [0.29, 0.717) is 56.3 Å². The molecule has 0 radical (unpaired) electrons. The summed E-state index contributed by atoms with van der Waals surface area (Å²) < 4.78 is 33.7. The maximum absolute atomic E-state index is 12.8. The summed E-state index contributed by atoms with van der Waals surface area (Å²) in [6.07, 6.45) is 19.2. The van der Waals surface area contributed by atoms with Gasteiger partial charge >= 0.3 is 35.8 Å². The van der Waals surface area contributed by atoms with Gasteiger partial charge in [0.15, 0.2) is 6.10 Å². The van der Waals surface area contributed by atoms with Crippen molar-refractivity contribution in [2.75, 3.05) is 33.0 Å². The minimum Gasteiger partial charge on any atom is -0.494 e. The largest absolute Gasteiger partial charge is 0.494 e. The molecule has 0 saturated heterocycles. The van der Waals surface area contributed by atoms with Gasteiger partial charge in [0.25, 0.3) is 0 Å². The second kappa shape index (κ2) is 35.9. The van der Waals surface area contributed by atoms with E-state index in [1.165, 1.54) is 36.4 Å². The average molecular weight is 963 g/mol. The fourth-order valence-corrected chi connectivity index (χ4v) is 7.29. The maximum atomic E-state index is 12.8. The number of rotatable bonds is 41. The van der Waals surface area contributed by atoms with Crippen LogP contribution in [0.1, 0.15) is 185 Å². The zero-order valence-electron chi connectivity index (χ0n) is 40.3. The summed E-state index contributed by atoms with van der Waals surface area (Å²) in [4.78, 5) is 71.1. The van der Waals surface area contributed by atoms with E-state index in [0.717, 1.165) is 116 Å². The lowest BCUT2D eigenvalue weighted by Gasteiger charge is -2.18. The Labute approximate surface area is 407 Å². The van der Waals surface area contributed by atoms with Crippen LogP contribution in [0, 0.1) is 0 Å². The Bertz CT molecular complexity index is 1820. The minimum absolute atomic E-state index is 0.191. The van der Waals surface area contributed by atoms with Crippen LogP contribution in [0.25, 0.3) is 0 Å². The Morgan fingerprint density at radius 3 is 0.855 bits per heavy atom. The topological polar surface area (TPSA) is 218 Å². The molecule has 0 heterocycles. The van der Waals surface area contributed by atoms with E-state index in [1.54, 1.807) is 36.4 Å². The second-order valence-electron chi connectivity index (χ2n) is 17.2. The normalized spacial score (nSPS) is 10.9. The average Bonchev–Trinajstić information content (AvgIpc) is 3.34. The van der Waals surface area contributed by atoms with Crippen molar-refractivity contribution >= 4 is 35.8 Å². The van der Waals surface area contributed by atoms with Gasteiger partial charge in [-0.15, -0.1) is 0 Å². The number of hydrogen-bond acceptors (Lipinski definition) is 12. The van der Waals surface area contributed by atoms with E-state index in [1.807, 2.05) is 0 Å². The molecule has 0 bridgehead atoms. The Kier molecular flexibility index (Phi) is 29.8. The number of carbonyl (C=O) groups is 6. The lowest BCUT2D eigenvalue weighted by atomic mass is 10.1. The summed E-state index contributed by atoms with van der Waals surface area (Å²) in [6.45, 7) is 1.29. The van der Waals surface area contributed by atoms with E-state index in [9.17, 15) is 28.8 Å². The molecule has 0 saturated carbocycles. The van der Waals surface area contributed by atoms with E-state index in [4.69, 9.17) is 43.7 Å². The molecule has 0 atom stereocenters. The number of carboxylic acid groups (broad SMARTS) is 3. The molecule has 3 aromatic rings. The first kappa shape index (κ1) is 57.2. The smallest absolute Gasteiger partial charge is 0.335 e. The number of benzene rings is 3. The Balaban J connectivity index is 1.26. The lowest BCUT2D eigenvalue weighted by molar-refractivity contribution is -0.167. The van der Waals surface area contributed by atoms with Gasteiger partial charge in [0.1, 0.15) is 30.5 Å². The quantitative estimate of drug-likeness (QED) is 0.0274. The fraction of sp³-hybridized carbons (Fsp3) is 0.556. The van der Waals surface area contributed by atoms with Gasteiger partial charge in [0, 0.05) is 19.3 Å². The van der Waals surface area contributed by atoms with E-state index in [-0.39, 0.29) is 49.2 Å². The SMILES string of the molecule is O=C(CCCCCCCCCOc1ccc(C(=O)O)cc1)OCC(COC(=O)CCCCCCCCCOc1ccc(C(=O)O)cc1)OC(=O)CCCCCCCCCOc1ccc(C(=O)O)cc1. The van der Waals surface area contributed by atoms with Gasteiger partial charge in [0.05, 0.1) is 36.5 Å². The van der Waals surface area contributed by atoms with Crippen molar-refractivity contribution < 1.29 is 72.5 Å². The fourth-order valence-electron chi connectivity index (χ4n) is 7.29. The molecule has 0 unspecified atom stereocenters. The molecule has 0 aliphatic rings. The summed E-state index contributed by atoms with van der Waals surface area (Å²) in [7, 11) is 0. The van der Waals surface area contributed by atoms with E-state index >= 15 is 0 Å². The van der Waals surface area contributed by atoms with Crippen molar-refractivity contribution in [3.8, 4) is 17.2 Å². The number of carboxylic acids is 3. The molecule has 3 aromatic carbocycles. The van der Waals surface area contributed by atoms with Crippen molar-refractivity contribution in [1.82, 2.24) is 0 Å². The number of esters is 3. The van der Waals surface area contributed by atoms with Crippen LogP contribution in [0.2, 0.25) is 0 Å². The molecular weight excluding hydrogens is 889 g/mol. The first-order chi connectivity index (χ1) is 33.5. The zero-order chi connectivity index (χ0) is 49.7. The maximum Gasteiger partial charge on any atom is 0.335 e. The highest BCUT2D eigenvalue weighted by atomic mass is 16.6. The zero-order valence-corrected chi connectivity index (χ0v) is 40.3. The molecule has 3 rings (SSSR count). The van der Waals surface area contributed by atoms with Crippen LogP contribution in [0.3, 0.4) is 0 Å². The van der Waals surface area contributed by atoms with Crippen molar-refractivity contribution in [3.05, 3.63) is 89.5 Å². The molecule has 0 spiro atoms. The molecule has 0 aliphatic carbocycles. The molecule has 0 amide bonds. The highest BCUT2D eigenvalue weighted by molar-refractivity contribution is 5.88. The Morgan fingerprint density at radius 1 is 0.333 bits per heavy atom. The number of hydrogen-bond donors (Lipinski definition) is 3. The molecular formula is C54H74O15. The van der Waals surface area contributed by atoms with Gasteiger partial charge in [-0.1, -0.05) is 96.3 Å². The van der Waals surface area contributed by atoms with Crippen LogP contribution in [-0.4, -0.2) is 90.3 Å². The van der Waals surface area contributed by atoms with Crippen LogP contribution in [-0.2, 0) is 28.6 Å². The van der Waals surface area contributed by atoms with Gasteiger partial charge in [-0.3, -0.25) is 14.4 Å². The standard InChI is InChI=1S/C54H74O15/c55-49(22-16-10-4-1-7-13-19-37-64-45-31-25-42(26-32-45)52(58)59)67-40-48(69-51(57)24-18-12-6-3-9-15-21-39-66-47-35-29-44(30-36-47)54(62)63)41-68-50(56)23-17-11-5-2-8-14-20-38-65-46-33-27-43(28-34-46)53(60)61/h25-36,48H,1-24,37-41H2,(H,58,59)(H,60,61)(H,62,63). The van der Waals surface area contributed by atoms with Crippen molar-refractivity contribution in [2.24, 2.45) is 0 Å². The third-order valence-corrected chi connectivity index (χ3v) is 11.3. The molecule has 15 heteroatoms. The van der Waals surface area contributed by atoms with Gasteiger partial charge in [-0.2, -0.15) is 0 Å². The number of aromatic carboxylic acids is 3. The summed E-state index contributed by atoms with van der Waals surface area (Å²) in [6, 6.07) is 19.1. The Morgan fingerprint density at radius 2 is 0.580 bits per heavy atom. The summed E-state index contributed by atoms with van der Waals surface area (Å²) in [5.41, 5.74) is 0.665. The predicted octanol–water partition coefficient (Wildman–Crippen LogP) is 11.7. The van der Waals surface area contributed by atoms with Crippen LogP contribution >= 0.6 is 0 Å². The predicted molar refractivity (Wildman–Crippen MR) is 259 cm³/mol. The van der Waals surface area contributed by atoms with Crippen LogP contribution in [0.4, 0.5) is 0 Å². The van der Waals surface area contributed by atoms with Crippen molar-refractivity contribution in [1.29, 1.82) is 0 Å². The van der Waals surface area contributed by atoms with Gasteiger partial charge in [-0.25, -0.2) is 14.4 Å². The molecule has 69 heavy (non-hydrogen) atoms. The first-order valence-corrected chi connectivity index (χ1v) is 24.9. The van der Waals surface area contributed by atoms with Gasteiger partial charge in [0.2, 0.25) is 0 Å². The summed E-state index contributed by atoms with van der Waals surface area (Å²) >= 11 is 0. The molecule has 380 valence electrons. The number of unbranched alkanes of at least 4 members (excludes halogenated alkanes) is 18. The molecule has 15 nitrogen and oxygen atoms in total. The van der Waals surface area contributed by atoms with Crippen LogP contribution < -0.4 is 14.2 Å². The van der Waals surface area contributed by atoms with Crippen molar-refractivity contribution in [2.45, 2.75) is 160 Å². The highest BCUT2D eigenvalue weighted by Gasteiger charge is 2.20.